The van der Waals surface area contributed by atoms with E-state index in [0.717, 1.165) is 29.2 Å². The van der Waals surface area contributed by atoms with Crippen LogP contribution < -0.4 is 0 Å². The smallest absolute Gasteiger partial charge is 0.0701 e. The van der Waals surface area contributed by atoms with Gasteiger partial charge in [0.2, 0.25) is 0 Å². The first-order valence-corrected chi connectivity index (χ1v) is 8.28. The van der Waals surface area contributed by atoms with Crippen LogP contribution in [0.1, 0.15) is 35.5 Å². The van der Waals surface area contributed by atoms with Crippen LogP contribution in [0.4, 0.5) is 0 Å². The fourth-order valence-corrected chi connectivity index (χ4v) is 3.13. The largest absolute Gasteiger partial charge is 0.295 e. The number of aryl methyl sites for hydroxylation is 2. The minimum atomic E-state index is 0.319. The van der Waals surface area contributed by atoms with Gasteiger partial charge in [-0.1, -0.05) is 30.3 Å². The number of benzene rings is 1. The molecule has 2 aromatic heterocycles. The first-order chi connectivity index (χ1) is 11.6. The molecule has 3 aromatic rings. The Morgan fingerprint density at radius 3 is 2.42 bits per heavy atom. The number of aromatic nitrogens is 3. The van der Waals surface area contributed by atoms with Crippen molar-refractivity contribution in [3.8, 4) is 11.3 Å². The van der Waals surface area contributed by atoms with E-state index < -0.39 is 0 Å². The van der Waals surface area contributed by atoms with E-state index in [-0.39, 0.29) is 0 Å². The van der Waals surface area contributed by atoms with Crippen molar-refractivity contribution >= 4 is 0 Å². The zero-order valence-corrected chi connectivity index (χ0v) is 14.7. The van der Waals surface area contributed by atoms with E-state index in [0.29, 0.717) is 6.04 Å². The zero-order chi connectivity index (χ0) is 17.1. The Labute approximate surface area is 143 Å². The normalized spacial score (nSPS) is 12.5. The van der Waals surface area contributed by atoms with Gasteiger partial charge in [0.1, 0.15) is 0 Å². The number of pyridine rings is 1. The fraction of sp³-hybridized carbons (Fsp3) is 0.300. The third-order valence-electron chi connectivity index (χ3n) is 4.61. The number of hydrogen-bond donors (Lipinski definition) is 1. The van der Waals surface area contributed by atoms with Gasteiger partial charge in [-0.3, -0.25) is 15.0 Å². The second-order valence-electron chi connectivity index (χ2n) is 6.35. The molecule has 24 heavy (non-hydrogen) atoms. The summed E-state index contributed by atoms with van der Waals surface area (Å²) in [5.41, 5.74) is 6.98. The van der Waals surface area contributed by atoms with Gasteiger partial charge in [0.15, 0.2) is 0 Å². The van der Waals surface area contributed by atoms with E-state index in [9.17, 15) is 0 Å². The quantitative estimate of drug-likeness (QED) is 0.763. The second kappa shape index (κ2) is 6.97. The summed E-state index contributed by atoms with van der Waals surface area (Å²) in [5.74, 6) is 0. The number of aromatic amines is 1. The monoisotopic (exact) mass is 320 g/mol. The molecule has 2 heterocycles. The van der Waals surface area contributed by atoms with Gasteiger partial charge in [0.05, 0.1) is 11.4 Å². The summed E-state index contributed by atoms with van der Waals surface area (Å²) < 4.78 is 0. The van der Waals surface area contributed by atoms with Crippen LogP contribution in [0.15, 0.2) is 48.7 Å². The molecular weight excluding hydrogens is 296 g/mol. The molecule has 0 saturated heterocycles. The van der Waals surface area contributed by atoms with Gasteiger partial charge >= 0.3 is 0 Å². The lowest BCUT2D eigenvalue weighted by Gasteiger charge is -2.25. The highest BCUT2D eigenvalue weighted by atomic mass is 15.2. The Hall–Kier alpha value is -2.46. The van der Waals surface area contributed by atoms with Crippen LogP contribution in [0.3, 0.4) is 0 Å². The zero-order valence-electron chi connectivity index (χ0n) is 14.7. The third-order valence-corrected chi connectivity index (χ3v) is 4.61. The summed E-state index contributed by atoms with van der Waals surface area (Å²) in [6.07, 6.45) is 1.83. The summed E-state index contributed by atoms with van der Waals surface area (Å²) in [6, 6.07) is 15.0. The Balaban J connectivity index is 1.72. The minimum Gasteiger partial charge on any atom is -0.295 e. The van der Waals surface area contributed by atoms with Crippen LogP contribution in [-0.2, 0) is 6.54 Å². The molecule has 0 fully saturated rings. The van der Waals surface area contributed by atoms with Gasteiger partial charge in [0, 0.05) is 35.6 Å². The maximum Gasteiger partial charge on any atom is 0.0701 e. The van der Waals surface area contributed by atoms with Gasteiger partial charge in [-0.25, -0.2) is 0 Å². The number of hydrogen-bond acceptors (Lipinski definition) is 3. The predicted molar refractivity (Wildman–Crippen MR) is 97.6 cm³/mol. The predicted octanol–water partition coefficient (Wildman–Crippen LogP) is 4.28. The maximum atomic E-state index is 4.40. The third kappa shape index (κ3) is 3.39. The Morgan fingerprint density at radius 1 is 1.08 bits per heavy atom. The van der Waals surface area contributed by atoms with Crippen LogP contribution in [0, 0.1) is 13.8 Å². The molecule has 0 amide bonds. The molecule has 1 N–H and O–H groups in total. The molecule has 0 radical (unpaired) electrons. The van der Waals surface area contributed by atoms with Crippen molar-refractivity contribution in [2.45, 2.75) is 33.4 Å². The van der Waals surface area contributed by atoms with Crippen molar-refractivity contribution in [2.24, 2.45) is 0 Å². The Bertz CT molecular complexity index is 771. The van der Waals surface area contributed by atoms with Gasteiger partial charge < -0.3 is 0 Å². The van der Waals surface area contributed by atoms with E-state index in [4.69, 9.17) is 0 Å². The lowest BCUT2D eigenvalue weighted by Crippen LogP contribution is -2.22. The molecule has 1 unspecified atom stereocenters. The van der Waals surface area contributed by atoms with E-state index >= 15 is 0 Å². The summed E-state index contributed by atoms with van der Waals surface area (Å²) in [4.78, 5) is 6.75. The summed E-state index contributed by atoms with van der Waals surface area (Å²) >= 11 is 0. The van der Waals surface area contributed by atoms with Crippen LogP contribution in [0.5, 0.6) is 0 Å². The average Bonchev–Trinajstić information content (AvgIpc) is 2.94. The van der Waals surface area contributed by atoms with Crippen molar-refractivity contribution in [1.82, 2.24) is 20.1 Å². The lowest BCUT2D eigenvalue weighted by atomic mass is 10.0. The highest BCUT2D eigenvalue weighted by Gasteiger charge is 2.18. The highest BCUT2D eigenvalue weighted by Crippen LogP contribution is 2.26. The molecule has 1 atom stereocenters. The molecule has 0 aliphatic heterocycles. The molecule has 4 nitrogen and oxygen atoms in total. The Morgan fingerprint density at radius 2 is 1.83 bits per heavy atom. The first kappa shape index (κ1) is 16.4. The molecule has 3 rings (SSSR count). The molecule has 0 spiro atoms. The van der Waals surface area contributed by atoms with Crippen molar-refractivity contribution < 1.29 is 0 Å². The number of nitrogens with zero attached hydrogens (tertiary/aromatic N) is 3. The molecular formula is C20H24N4. The van der Waals surface area contributed by atoms with Gasteiger partial charge in [0.25, 0.3) is 0 Å². The van der Waals surface area contributed by atoms with E-state index in [2.05, 4.69) is 72.2 Å². The van der Waals surface area contributed by atoms with Crippen molar-refractivity contribution in [3.63, 3.8) is 0 Å². The van der Waals surface area contributed by atoms with Crippen LogP contribution in [-0.4, -0.2) is 27.1 Å². The van der Waals surface area contributed by atoms with Crippen LogP contribution in [0.25, 0.3) is 11.3 Å². The Kier molecular flexibility index (Phi) is 4.76. The molecule has 0 aliphatic rings. The molecule has 124 valence electrons. The van der Waals surface area contributed by atoms with Crippen molar-refractivity contribution in [1.29, 1.82) is 0 Å². The summed E-state index contributed by atoms with van der Waals surface area (Å²) in [7, 11) is 2.16. The fourth-order valence-electron chi connectivity index (χ4n) is 3.13. The summed E-state index contributed by atoms with van der Waals surface area (Å²) in [5, 5.41) is 7.39. The van der Waals surface area contributed by atoms with Gasteiger partial charge in [-0.2, -0.15) is 5.10 Å². The lowest BCUT2D eigenvalue weighted by molar-refractivity contribution is 0.251. The molecule has 0 aliphatic carbocycles. The van der Waals surface area contributed by atoms with Crippen molar-refractivity contribution in [3.05, 3.63) is 71.2 Å². The van der Waals surface area contributed by atoms with E-state index in [1.54, 1.807) is 0 Å². The minimum absolute atomic E-state index is 0.319. The number of rotatable bonds is 5. The van der Waals surface area contributed by atoms with E-state index in [1.165, 1.54) is 11.1 Å². The van der Waals surface area contributed by atoms with Crippen molar-refractivity contribution in [2.75, 3.05) is 7.05 Å². The van der Waals surface area contributed by atoms with E-state index in [1.807, 2.05) is 24.4 Å². The molecule has 0 saturated carbocycles. The van der Waals surface area contributed by atoms with Crippen LogP contribution >= 0.6 is 0 Å². The van der Waals surface area contributed by atoms with Gasteiger partial charge in [-0.05, 0) is 45.5 Å². The maximum absolute atomic E-state index is 4.40. The van der Waals surface area contributed by atoms with Crippen LogP contribution in [0.2, 0.25) is 0 Å². The molecule has 1 aromatic carbocycles. The summed E-state index contributed by atoms with van der Waals surface area (Å²) in [6.45, 7) is 7.27. The first-order valence-electron chi connectivity index (χ1n) is 8.28. The standard InChI is InChI=1S/C20H24N4/c1-14-20(15(2)23-22-14)16(3)24(4)13-17-8-10-18(11-9-17)19-7-5-6-12-21-19/h5-12,16H,13H2,1-4H3,(H,22,23). The average molecular weight is 320 g/mol. The second-order valence-corrected chi connectivity index (χ2v) is 6.35. The SMILES string of the molecule is Cc1n[nH]c(C)c1C(C)N(C)Cc1ccc(-c2ccccn2)cc1. The highest BCUT2D eigenvalue weighted by molar-refractivity contribution is 5.58. The van der Waals surface area contributed by atoms with Gasteiger partial charge in [-0.15, -0.1) is 0 Å². The topological polar surface area (TPSA) is 44.8 Å². The molecule has 0 bridgehead atoms. The molecule has 4 heteroatoms. The number of nitrogens with one attached hydrogen (secondary N) is 1. The number of H-pyrrole nitrogens is 1.